The van der Waals surface area contributed by atoms with E-state index in [-0.39, 0.29) is 11.6 Å². The van der Waals surface area contributed by atoms with Crippen LogP contribution in [0.25, 0.3) is 0 Å². The molecule has 0 aromatic heterocycles. The van der Waals surface area contributed by atoms with E-state index in [1.807, 2.05) is 4.90 Å². The van der Waals surface area contributed by atoms with E-state index in [1.165, 1.54) is 59.5 Å². The summed E-state index contributed by atoms with van der Waals surface area (Å²) in [4.78, 5) is 16.8. The lowest BCUT2D eigenvalue weighted by atomic mass is 10.00. The maximum atomic E-state index is 14.3. The Bertz CT molecular complexity index is 1100. The Hall–Kier alpha value is -3.19. The van der Waals surface area contributed by atoms with Crippen molar-refractivity contribution in [1.82, 2.24) is 4.90 Å². The largest absolute Gasteiger partial charge is 0.305 e. The Balaban J connectivity index is 1.53. The molecule has 0 N–H and O–H groups in total. The van der Waals surface area contributed by atoms with Gasteiger partial charge in [0.1, 0.15) is 23.3 Å². The number of benzene rings is 3. The molecular weight excluding hydrogens is 420 g/mol. The zero-order valence-corrected chi connectivity index (χ0v) is 17.3. The van der Waals surface area contributed by atoms with Gasteiger partial charge in [-0.2, -0.15) is 0 Å². The summed E-state index contributed by atoms with van der Waals surface area (Å²) in [5, 5.41) is 0. The number of amides is 1. The number of carbonyl (C=O) groups excluding carboxylic acids is 1. The van der Waals surface area contributed by atoms with Gasteiger partial charge in [-0.1, -0.05) is 18.2 Å². The molecule has 0 aliphatic carbocycles. The Morgan fingerprint density at radius 1 is 0.844 bits per heavy atom. The van der Waals surface area contributed by atoms with E-state index in [4.69, 9.17) is 0 Å². The molecule has 3 aromatic carbocycles. The molecule has 1 aliphatic rings. The Kier molecular flexibility index (Phi) is 6.55. The predicted molar refractivity (Wildman–Crippen MR) is 114 cm³/mol. The summed E-state index contributed by atoms with van der Waals surface area (Å²) >= 11 is 0. The second-order valence-corrected chi connectivity index (χ2v) is 7.87. The highest BCUT2D eigenvalue weighted by molar-refractivity contribution is 6.06. The lowest BCUT2D eigenvalue weighted by Crippen LogP contribution is -2.47. The van der Waals surface area contributed by atoms with E-state index in [0.29, 0.717) is 43.7 Å². The van der Waals surface area contributed by atoms with E-state index in [9.17, 15) is 22.4 Å². The Labute approximate surface area is 183 Å². The van der Waals surface area contributed by atoms with Gasteiger partial charge in [-0.3, -0.25) is 9.69 Å². The van der Waals surface area contributed by atoms with Gasteiger partial charge in [-0.05, 0) is 55.3 Å². The van der Waals surface area contributed by atoms with Gasteiger partial charge in [0.25, 0.3) is 5.91 Å². The first-order chi connectivity index (χ1) is 15.4. The maximum absolute atomic E-state index is 14.3. The van der Waals surface area contributed by atoms with E-state index in [0.717, 1.165) is 6.07 Å². The third kappa shape index (κ3) is 4.83. The zero-order chi connectivity index (χ0) is 22.7. The van der Waals surface area contributed by atoms with Crippen LogP contribution < -0.4 is 4.90 Å². The van der Waals surface area contributed by atoms with Crippen molar-refractivity contribution in [1.29, 1.82) is 0 Å². The fraction of sp³-hybridized carbons (Fsp3) is 0.240. The van der Waals surface area contributed by atoms with Crippen LogP contribution >= 0.6 is 0 Å². The molecule has 1 heterocycles. The summed E-state index contributed by atoms with van der Waals surface area (Å²) in [6.07, 6.45) is 1.14. The van der Waals surface area contributed by atoms with Gasteiger partial charge in [0.2, 0.25) is 0 Å². The first kappa shape index (κ1) is 22.0. The molecule has 32 heavy (non-hydrogen) atoms. The third-order valence-corrected chi connectivity index (χ3v) is 5.76. The van der Waals surface area contributed by atoms with Crippen LogP contribution in [-0.4, -0.2) is 29.9 Å². The fourth-order valence-electron chi connectivity index (χ4n) is 4.09. The molecule has 1 fully saturated rings. The molecule has 0 unspecified atom stereocenters. The minimum Gasteiger partial charge on any atom is -0.305 e. The molecule has 1 amide bonds. The van der Waals surface area contributed by atoms with Gasteiger partial charge in [-0.25, -0.2) is 17.6 Å². The molecule has 0 spiro atoms. The molecular formula is C25H22F4N2O. The molecule has 3 nitrogen and oxygen atoms in total. The molecule has 1 aliphatic heterocycles. The average molecular weight is 442 g/mol. The summed E-state index contributed by atoms with van der Waals surface area (Å²) in [5.41, 5.74) is 0.845. The third-order valence-electron chi connectivity index (χ3n) is 5.76. The highest BCUT2D eigenvalue weighted by Crippen LogP contribution is 2.28. The van der Waals surface area contributed by atoms with Crippen molar-refractivity contribution in [3.05, 3.63) is 101 Å². The van der Waals surface area contributed by atoms with Crippen LogP contribution in [0, 0.1) is 23.3 Å². The highest BCUT2D eigenvalue weighted by Gasteiger charge is 2.31. The number of rotatable bonds is 5. The monoisotopic (exact) mass is 442 g/mol. The number of likely N-dealkylation sites (tertiary alicyclic amines) is 1. The maximum Gasteiger partial charge on any atom is 0.261 e. The van der Waals surface area contributed by atoms with E-state index >= 15 is 0 Å². The minimum atomic E-state index is -0.619. The van der Waals surface area contributed by atoms with Crippen LogP contribution in [0.5, 0.6) is 0 Å². The number of carbonyl (C=O) groups is 1. The normalized spacial score (nSPS) is 15.0. The number of anilines is 1. The van der Waals surface area contributed by atoms with Gasteiger partial charge >= 0.3 is 0 Å². The summed E-state index contributed by atoms with van der Waals surface area (Å²) in [6.45, 7) is 1.48. The average Bonchev–Trinajstić information content (AvgIpc) is 2.78. The molecule has 0 atom stereocenters. The smallest absolute Gasteiger partial charge is 0.261 e. The summed E-state index contributed by atoms with van der Waals surface area (Å²) in [5.74, 6) is -2.74. The number of hydrogen-bond acceptors (Lipinski definition) is 2. The molecule has 0 saturated carbocycles. The quantitative estimate of drug-likeness (QED) is 0.484. The lowest BCUT2D eigenvalue weighted by molar-refractivity contribution is 0.0954. The van der Waals surface area contributed by atoms with Gasteiger partial charge in [0, 0.05) is 43.0 Å². The van der Waals surface area contributed by atoms with E-state index in [1.54, 1.807) is 6.07 Å². The van der Waals surface area contributed by atoms with Crippen molar-refractivity contribution in [2.75, 3.05) is 18.0 Å². The van der Waals surface area contributed by atoms with Crippen LogP contribution in [0.2, 0.25) is 0 Å². The topological polar surface area (TPSA) is 23.6 Å². The second kappa shape index (κ2) is 9.53. The van der Waals surface area contributed by atoms with E-state index < -0.39 is 29.2 Å². The van der Waals surface area contributed by atoms with E-state index in [2.05, 4.69) is 0 Å². The summed E-state index contributed by atoms with van der Waals surface area (Å²) in [6, 6.07) is 14.6. The molecule has 0 bridgehead atoms. The van der Waals surface area contributed by atoms with Crippen molar-refractivity contribution < 1.29 is 22.4 Å². The second-order valence-electron chi connectivity index (χ2n) is 7.87. The number of nitrogens with zero attached hydrogens (tertiary/aromatic N) is 2. The number of piperidine rings is 1. The van der Waals surface area contributed by atoms with Gasteiger partial charge in [0.05, 0.1) is 5.56 Å². The van der Waals surface area contributed by atoms with Gasteiger partial charge in [0.15, 0.2) is 0 Å². The molecule has 7 heteroatoms. The van der Waals surface area contributed by atoms with Crippen molar-refractivity contribution >= 4 is 11.6 Å². The van der Waals surface area contributed by atoms with Crippen LogP contribution in [0.15, 0.2) is 66.7 Å². The number of halogens is 4. The van der Waals surface area contributed by atoms with Crippen LogP contribution in [0.4, 0.5) is 23.2 Å². The lowest BCUT2D eigenvalue weighted by Gasteiger charge is -2.38. The first-order valence-electron chi connectivity index (χ1n) is 10.4. The van der Waals surface area contributed by atoms with Gasteiger partial charge in [-0.15, -0.1) is 0 Å². The molecule has 1 saturated heterocycles. The zero-order valence-electron chi connectivity index (χ0n) is 17.3. The first-order valence-corrected chi connectivity index (χ1v) is 10.4. The minimum absolute atomic E-state index is 0.0485. The molecule has 166 valence electrons. The van der Waals surface area contributed by atoms with Crippen LogP contribution in [0.1, 0.15) is 28.8 Å². The Morgan fingerprint density at radius 2 is 1.50 bits per heavy atom. The van der Waals surface area contributed by atoms with Crippen molar-refractivity contribution in [2.45, 2.75) is 25.4 Å². The standard InChI is InChI=1S/C25H22F4N2O/c26-18-7-9-20(10-8-18)31(25(32)22-3-1-2-4-23(22)28)21-11-13-30(14-12-21)16-17-5-6-19(27)15-24(17)29/h1-10,15,21H,11-14,16H2. The molecule has 3 aromatic rings. The predicted octanol–water partition coefficient (Wildman–Crippen LogP) is 5.55. The highest BCUT2D eigenvalue weighted by atomic mass is 19.1. The van der Waals surface area contributed by atoms with Crippen LogP contribution in [-0.2, 0) is 6.54 Å². The number of hydrogen-bond donors (Lipinski definition) is 0. The van der Waals surface area contributed by atoms with Crippen molar-refractivity contribution in [3.8, 4) is 0 Å². The molecule has 4 rings (SSSR count). The van der Waals surface area contributed by atoms with Crippen molar-refractivity contribution in [2.24, 2.45) is 0 Å². The SMILES string of the molecule is O=C(c1ccccc1F)N(c1ccc(F)cc1)C1CCN(Cc2ccc(F)cc2F)CC1. The van der Waals surface area contributed by atoms with Crippen molar-refractivity contribution in [3.63, 3.8) is 0 Å². The van der Waals surface area contributed by atoms with Gasteiger partial charge < -0.3 is 4.90 Å². The Morgan fingerprint density at radius 3 is 2.16 bits per heavy atom. The summed E-state index contributed by atoms with van der Waals surface area (Å²) < 4.78 is 55.0. The van der Waals surface area contributed by atoms with Crippen LogP contribution in [0.3, 0.4) is 0 Å². The summed E-state index contributed by atoms with van der Waals surface area (Å²) in [7, 11) is 0. The fourth-order valence-corrected chi connectivity index (χ4v) is 4.09. The molecule has 0 radical (unpaired) electrons.